The van der Waals surface area contributed by atoms with Gasteiger partial charge in [0.2, 0.25) is 0 Å². The number of nitrogens with zero attached hydrogens (tertiary/aromatic N) is 3. The van der Waals surface area contributed by atoms with Gasteiger partial charge in [-0.15, -0.1) is 0 Å². The molecule has 2 rings (SSSR count). The Hall–Kier alpha value is -1.60. The standard InChI is InChI=1S/C11H8BrN3/c12-11-6-14-15(8-11)7-10-4-2-1-3-9(10)5-13/h1-4,6,8H,7H2. The van der Waals surface area contributed by atoms with Crippen molar-refractivity contribution < 1.29 is 0 Å². The van der Waals surface area contributed by atoms with Crippen molar-refractivity contribution in [2.75, 3.05) is 0 Å². The van der Waals surface area contributed by atoms with E-state index in [2.05, 4.69) is 27.1 Å². The van der Waals surface area contributed by atoms with Gasteiger partial charge in [-0.1, -0.05) is 18.2 Å². The largest absolute Gasteiger partial charge is 0.267 e. The zero-order chi connectivity index (χ0) is 10.7. The van der Waals surface area contributed by atoms with Gasteiger partial charge in [-0.2, -0.15) is 10.4 Å². The van der Waals surface area contributed by atoms with Crippen molar-refractivity contribution in [1.29, 1.82) is 5.26 Å². The molecule has 74 valence electrons. The summed E-state index contributed by atoms with van der Waals surface area (Å²) in [5, 5.41) is 13.1. The number of aromatic nitrogens is 2. The van der Waals surface area contributed by atoms with Gasteiger partial charge in [0.25, 0.3) is 0 Å². The molecule has 0 saturated heterocycles. The second-order valence-electron chi connectivity index (χ2n) is 3.13. The van der Waals surface area contributed by atoms with Gasteiger partial charge >= 0.3 is 0 Å². The molecule has 2 aromatic rings. The van der Waals surface area contributed by atoms with Gasteiger partial charge in [-0.3, -0.25) is 4.68 Å². The van der Waals surface area contributed by atoms with Crippen molar-refractivity contribution in [2.45, 2.75) is 6.54 Å². The molecule has 1 heterocycles. The summed E-state index contributed by atoms with van der Waals surface area (Å²) in [5.74, 6) is 0. The fourth-order valence-electron chi connectivity index (χ4n) is 1.37. The lowest BCUT2D eigenvalue weighted by Crippen LogP contribution is -2.01. The molecule has 4 heteroatoms. The molecular formula is C11H8BrN3. The molecule has 3 nitrogen and oxygen atoms in total. The number of nitriles is 1. The van der Waals surface area contributed by atoms with Gasteiger partial charge in [0, 0.05) is 6.20 Å². The van der Waals surface area contributed by atoms with E-state index in [0.717, 1.165) is 10.0 Å². The van der Waals surface area contributed by atoms with E-state index in [1.165, 1.54) is 0 Å². The lowest BCUT2D eigenvalue weighted by atomic mass is 10.1. The van der Waals surface area contributed by atoms with E-state index in [-0.39, 0.29) is 0 Å². The van der Waals surface area contributed by atoms with Crippen LogP contribution in [0.3, 0.4) is 0 Å². The van der Waals surface area contributed by atoms with Crippen LogP contribution in [0.1, 0.15) is 11.1 Å². The first kappa shape index (κ1) is 9.94. The molecule has 0 spiro atoms. The predicted octanol–water partition coefficient (Wildman–Crippen LogP) is 2.57. The Bertz CT molecular complexity index is 511. The second-order valence-corrected chi connectivity index (χ2v) is 4.04. The summed E-state index contributed by atoms with van der Waals surface area (Å²) in [7, 11) is 0. The molecule has 0 aliphatic carbocycles. The van der Waals surface area contributed by atoms with Crippen molar-refractivity contribution in [1.82, 2.24) is 9.78 Å². The van der Waals surface area contributed by atoms with Crippen LogP contribution in [0.25, 0.3) is 0 Å². The van der Waals surface area contributed by atoms with Gasteiger partial charge in [0.05, 0.1) is 28.8 Å². The maximum atomic E-state index is 8.91. The van der Waals surface area contributed by atoms with Gasteiger partial charge in [0.1, 0.15) is 0 Å². The van der Waals surface area contributed by atoms with Crippen LogP contribution in [0.4, 0.5) is 0 Å². The van der Waals surface area contributed by atoms with Crippen molar-refractivity contribution in [3.63, 3.8) is 0 Å². The third-order valence-electron chi connectivity index (χ3n) is 2.07. The quantitative estimate of drug-likeness (QED) is 0.834. The molecule has 0 bridgehead atoms. The maximum Gasteiger partial charge on any atom is 0.0995 e. The molecule has 1 aromatic carbocycles. The second kappa shape index (κ2) is 4.28. The minimum atomic E-state index is 0.620. The average Bonchev–Trinajstić information content (AvgIpc) is 2.65. The van der Waals surface area contributed by atoms with Crippen molar-refractivity contribution >= 4 is 15.9 Å². The topological polar surface area (TPSA) is 41.6 Å². The summed E-state index contributed by atoms with van der Waals surface area (Å²) >= 11 is 3.33. The van der Waals surface area contributed by atoms with Gasteiger partial charge in [0.15, 0.2) is 0 Å². The van der Waals surface area contributed by atoms with E-state index in [9.17, 15) is 0 Å². The lowest BCUT2D eigenvalue weighted by molar-refractivity contribution is 0.685. The zero-order valence-electron chi connectivity index (χ0n) is 7.89. The highest BCUT2D eigenvalue weighted by atomic mass is 79.9. The Balaban J connectivity index is 2.28. The van der Waals surface area contributed by atoms with E-state index >= 15 is 0 Å². The van der Waals surface area contributed by atoms with Crippen LogP contribution in [0, 0.1) is 11.3 Å². The summed E-state index contributed by atoms with van der Waals surface area (Å²) in [5.41, 5.74) is 1.68. The molecular weight excluding hydrogens is 254 g/mol. The van der Waals surface area contributed by atoms with Crippen molar-refractivity contribution in [3.8, 4) is 6.07 Å². The summed E-state index contributed by atoms with van der Waals surface area (Å²) in [6.45, 7) is 0.620. The van der Waals surface area contributed by atoms with Crippen LogP contribution >= 0.6 is 15.9 Å². The maximum absolute atomic E-state index is 8.91. The SMILES string of the molecule is N#Cc1ccccc1Cn1cc(Br)cn1. The third-order valence-corrected chi connectivity index (χ3v) is 2.48. The highest BCUT2D eigenvalue weighted by Gasteiger charge is 2.02. The first-order valence-corrected chi connectivity index (χ1v) is 5.25. The summed E-state index contributed by atoms with van der Waals surface area (Å²) in [6.07, 6.45) is 3.61. The smallest absolute Gasteiger partial charge is 0.0995 e. The molecule has 0 saturated carbocycles. The number of halogens is 1. The predicted molar refractivity (Wildman–Crippen MR) is 60.2 cm³/mol. The molecule has 0 N–H and O–H groups in total. The molecule has 0 aliphatic heterocycles. The Labute approximate surface area is 96.1 Å². The van der Waals surface area contributed by atoms with E-state index < -0.39 is 0 Å². The normalized spacial score (nSPS) is 9.87. The zero-order valence-corrected chi connectivity index (χ0v) is 9.48. The van der Waals surface area contributed by atoms with Gasteiger partial charge < -0.3 is 0 Å². The van der Waals surface area contributed by atoms with Crippen LogP contribution < -0.4 is 0 Å². The van der Waals surface area contributed by atoms with Crippen LogP contribution in [-0.2, 0) is 6.54 Å². The Morgan fingerprint density at radius 2 is 2.20 bits per heavy atom. The minimum absolute atomic E-state index is 0.620. The number of hydrogen-bond acceptors (Lipinski definition) is 2. The van der Waals surface area contributed by atoms with E-state index in [0.29, 0.717) is 12.1 Å². The molecule has 0 fully saturated rings. The molecule has 0 amide bonds. The highest BCUT2D eigenvalue weighted by Crippen LogP contribution is 2.11. The fraction of sp³-hybridized carbons (Fsp3) is 0.0909. The summed E-state index contributed by atoms with van der Waals surface area (Å²) in [6, 6.07) is 9.71. The number of rotatable bonds is 2. The molecule has 1 aromatic heterocycles. The molecule has 0 unspecified atom stereocenters. The first-order valence-electron chi connectivity index (χ1n) is 4.45. The van der Waals surface area contributed by atoms with E-state index in [1.807, 2.05) is 30.5 Å². The first-order chi connectivity index (χ1) is 7.29. The number of hydrogen-bond donors (Lipinski definition) is 0. The molecule has 0 atom stereocenters. The molecule has 15 heavy (non-hydrogen) atoms. The van der Waals surface area contributed by atoms with Gasteiger partial charge in [-0.25, -0.2) is 0 Å². The average molecular weight is 262 g/mol. The summed E-state index contributed by atoms with van der Waals surface area (Å²) in [4.78, 5) is 0. The molecule has 0 aliphatic rings. The van der Waals surface area contributed by atoms with Crippen LogP contribution in [0.2, 0.25) is 0 Å². The Morgan fingerprint density at radius 1 is 1.40 bits per heavy atom. The highest BCUT2D eigenvalue weighted by molar-refractivity contribution is 9.10. The third kappa shape index (κ3) is 2.25. The monoisotopic (exact) mass is 261 g/mol. The van der Waals surface area contributed by atoms with Crippen LogP contribution in [0.5, 0.6) is 0 Å². The minimum Gasteiger partial charge on any atom is -0.267 e. The lowest BCUT2D eigenvalue weighted by Gasteiger charge is -2.03. The fourth-order valence-corrected chi connectivity index (χ4v) is 1.69. The Morgan fingerprint density at radius 3 is 2.87 bits per heavy atom. The van der Waals surface area contributed by atoms with Crippen molar-refractivity contribution in [2.24, 2.45) is 0 Å². The number of benzene rings is 1. The van der Waals surface area contributed by atoms with E-state index in [4.69, 9.17) is 5.26 Å². The summed E-state index contributed by atoms with van der Waals surface area (Å²) < 4.78 is 2.73. The molecule has 0 radical (unpaired) electrons. The van der Waals surface area contributed by atoms with Gasteiger partial charge in [-0.05, 0) is 27.6 Å². The van der Waals surface area contributed by atoms with E-state index in [1.54, 1.807) is 10.9 Å². The van der Waals surface area contributed by atoms with Crippen LogP contribution in [0.15, 0.2) is 41.1 Å². The Kier molecular flexibility index (Phi) is 2.84. The van der Waals surface area contributed by atoms with Crippen molar-refractivity contribution in [3.05, 3.63) is 52.3 Å². The van der Waals surface area contributed by atoms with Crippen LogP contribution in [-0.4, -0.2) is 9.78 Å².